The van der Waals surface area contributed by atoms with Crippen molar-refractivity contribution in [3.05, 3.63) is 0 Å². The number of hydrogen-bond donors (Lipinski definition) is 3. The van der Waals surface area contributed by atoms with Crippen LogP contribution in [0, 0.1) is 5.41 Å². The summed E-state index contributed by atoms with van der Waals surface area (Å²) in [6.45, 7) is 8.45. The predicted molar refractivity (Wildman–Crippen MR) is 77.7 cm³/mol. The zero-order valence-corrected chi connectivity index (χ0v) is 13.1. The van der Waals surface area contributed by atoms with Crippen molar-refractivity contribution in [1.29, 1.82) is 0 Å². The highest BCUT2D eigenvalue weighted by molar-refractivity contribution is 5.83. The number of nitrogens with one attached hydrogen (secondary N) is 2. The van der Waals surface area contributed by atoms with E-state index in [0.717, 1.165) is 19.4 Å². The van der Waals surface area contributed by atoms with E-state index in [4.69, 9.17) is 0 Å². The molecule has 0 aromatic rings. The molecule has 1 rings (SSSR count). The second kappa shape index (κ2) is 6.43. The van der Waals surface area contributed by atoms with Crippen LogP contribution in [-0.2, 0) is 4.79 Å². The summed E-state index contributed by atoms with van der Waals surface area (Å²) in [6, 6.07) is -0.761. The molecule has 2 unspecified atom stereocenters. The average Bonchev–Trinajstić information content (AvgIpc) is 2.29. The van der Waals surface area contributed by atoms with E-state index in [0.29, 0.717) is 6.04 Å². The van der Waals surface area contributed by atoms with Crippen LogP contribution < -0.4 is 10.6 Å². The van der Waals surface area contributed by atoms with Crippen LogP contribution in [0.3, 0.4) is 0 Å². The number of carbonyl (C=O) groups is 2. The van der Waals surface area contributed by atoms with Crippen molar-refractivity contribution in [1.82, 2.24) is 15.5 Å². The van der Waals surface area contributed by atoms with Crippen LogP contribution in [0.5, 0.6) is 0 Å². The predicted octanol–water partition coefficient (Wildman–Crippen LogP) is 1.27. The molecule has 0 aromatic carbocycles. The maximum atomic E-state index is 12.0. The summed E-state index contributed by atoms with van der Waals surface area (Å²) in [5, 5.41) is 14.6. The molecule has 0 aromatic heterocycles. The van der Waals surface area contributed by atoms with Crippen LogP contribution >= 0.6 is 0 Å². The number of aliphatic carboxylic acids is 1. The second-order valence-corrected chi connectivity index (χ2v) is 6.81. The highest BCUT2D eigenvalue weighted by Gasteiger charge is 2.33. The van der Waals surface area contributed by atoms with E-state index < -0.39 is 23.5 Å². The number of piperidine rings is 1. The number of urea groups is 1. The number of amides is 2. The van der Waals surface area contributed by atoms with Crippen molar-refractivity contribution in [2.24, 2.45) is 5.41 Å². The van der Waals surface area contributed by atoms with Gasteiger partial charge in [-0.05, 0) is 32.2 Å². The maximum absolute atomic E-state index is 12.0. The van der Waals surface area contributed by atoms with Crippen LogP contribution in [0.15, 0.2) is 0 Å². The van der Waals surface area contributed by atoms with E-state index in [9.17, 15) is 14.7 Å². The van der Waals surface area contributed by atoms with Crippen molar-refractivity contribution >= 4 is 12.0 Å². The van der Waals surface area contributed by atoms with Gasteiger partial charge in [0.05, 0.1) is 0 Å². The third-order valence-corrected chi connectivity index (χ3v) is 3.93. The largest absolute Gasteiger partial charge is 0.480 e. The molecule has 0 radical (unpaired) electrons. The van der Waals surface area contributed by atoms with E-state index in [2.05, 4.69) is 29.5 Å². The number of carboxylic acid groups (broad SMARTS) is 1. The quantitative estimate of drug-likeness (QED) is 0.729. The van der Waals surface area contributed by atoms with E-state index in [1.54, 1.807) is 20.8 Å². The van der Waals surface area contributed by atoms with Gasteiger partial charge in [-0.1, -0.05) is 20.8 Å². The van der Waals surface area contributed by atoms with Gasteiger partial charge in [0.15, 0.2) is 0 Å². The number of rotatable bonds is 3. The highest BCUT2D eigenvalue weighted by Crippen LogP contribution is 2.20. The smallest absolute Gasteiger partial charge is 0.326 e. The molecule has 0 bridgehead atoms. The molecule has 20 heavy (non-hydrogen) atoms. The Labute approximate surface area is 120 Å². The molecule has 1 aliphatic rings. The first-order valence-electron chi connectivity index (χ1n) is 7.11. The van der Waals surface area contributed by atoms with Crippen LogP contribution in [-0.4, -0.2) is 53.7 Å². The normalized spacial score (nSPS) is 25.9. The molecule has 1 saturated heterocycles. The van der Waals surface area contributed by atoms with Crippen LogP contribution in [0.25, 0.3) is 0 Å². The fourth-order valence-corrected chi connectivity index (χ4v) is 2.43. The SMILES string of the molecule is CC1CC(NC(=O)N[C@@H](C(=O)O)C(C)(C)C)CCN1C. The van der Waals surface area contributed by atoms with Crippen LogP contribution in [0.4, 0.5) is 4.79 Å². The van der Waals surface area contributed by atoms with Gasteiger partial charge in [-0.2, -0.15) is 0 Å². The first-order valence-corrected chi connectivity index (χ1v) is 7.11. The lowest BCUT2D eigenvalue weighted by molar-refractivity contribution is -0.141. The Balaban J connectivity index is 2.52. The first-order chi connectivity index (χ1) is 9.11. The van der Waals surface area contributed by atoms with Crippen molar-refractivity contribution in [2.75, 3.05) is 13.6 Å². The Bertz CT molecular complexity index is 365. The lowest BCUT2D eigenvalue weighted by Crippen LogP contribution is -2.55. The topological polar surface area (TPSA) is 81.7 Å². The number of likely N-dealkylation sites (tertiary alicyclic amines) is 1. The Morgan fingerprint density at radius 3 is 2.40 bits per heavy atom. The molecule has 6 nitrogen and oxygen atoms in total. The molecule has 116 valence electrons. The van der Waals surface area contributed by atoms with E-state index >= 15 is 0 Å². The van der Waals surface area contributed by atoms with Crippen molar-refractivity contribution in [2.45, 2.75) is 58.7 Å². The minimum Gasteiger partial charge on any atom is -0.480 e. The third-order valence-electron chi connectivity index (χ3n) is 3.93. The lowest BCUT2D eigenvalue weighted by atomic mass is 9.87. The molecule has 0 spiro atoms. The van der Waals surface area contributed by atoms with Gasteiger partial charge in [0.25, 0.3) is 0 Å². The summed E-state index contributed by atoms with van der Waals surface area (Å²) in [6.07, 6.45) is 1.78. The molecular weight excluding hydrogens is 258 g/mol. The molecule has 1 aliphatic heterocycles. The summed E-state index contributed by atoms with van der Waals surface area (Å²) in [4.78, 5) is 25.4. The molecule has 1 fully saturated rings. The second-order valence-electron chi connectivity index (χ2n) is 6.81. The zero-order valence-electron chi connectivity index (χ0n) is 13.1. The Kier molecular flexibility index (Phi) is 5.39. The first kappa shape index (κ1) is 16.8. The van der Waals surface area contributed by atoms with Crippen LogP contribution in [0.2, 0.25) is 0 Å². The highest BCUT2D eigenvalue weighted by atomic mass is 16.4. The summed E-state index contributed by atoms with van der Waals surface area (Å²) in [5.41, 5.74) is -0.525. The van der Waals surface area contributed by atoms with Crippen molar-refractivity contribution in [3.8, 4) is 0 Å². The third kappa shape index (κ3) is 4.67. The molecule has 1 heterocycles. The Hall–Kier alpha value is -1.30. The summed E-state index contributed by atoms with van der Waals surface area (Å²) < 4.78 is 0. The van der Waals surface area contributed by atoms with Gasteiger partial charge in [-0.3, -0.25) is 0 Å². The number of nitrogens with zero attached hydrogens (tertiary/aromatic N) is 1. The van der Waals surface area contributed by atoms with Gasteiger partial charge in [0.1, 0.15) is 6.04 Å². The minimum atomic E-state index is -1.01. The standard InChI is InChI=1S/C14H27N3O3/c1-9-8-10(6-7-17(9)5)15-13(20)16-11(12(18)19)14(2,3)4/h9-11H,6-8H2,1-5H3,(H,18,19)(H2,15,16,20)/t9?,10?,11-/m0/s1. The van der Waals surface area contributed by atoms with Gasteiger partial charge in [0, 0.05) is 18.6 Å². The summed E-state index contributed by atoms with van der Waals surface area (Å²) >= 11 is 0. The van der Waals surface area contributed by atoms with Gasteiger partial charge in [-0.25, -0.2) is 9.59 Å². The van der Waals surface area contributed by atoms with Gasteiger partial charge >= 0.3 is 12.0 Å². The molecule has 3 atom stereocenters. The number of hydrogen-bond acceptors (Lipinski definition) is 3. The van der Waals surface area contributed by atoms with Crippen molar-refractivity contribution < 1.29 is 14.7 Å². The molecule has 0 saturated carbocycles. The van der Waals surface area contributed by atoms with E-state index in [-0.39, 0.29) is 6.04 Å². The van der Waals surface area contributed by atoms with E-state index in [1.165, 1.54) is 0 Å². The Morgan fingerprint density at radius 1 is 1.35 bits per heavy atom. The van der Waals surface area contributed by atoms with E-state index in [1.807, 2.05) is 0 Å². The van der Waals surface area contributed by atoms with Crippen LogP contribution in [0.1, 0.15) is 40.5 Å². The zero-order chi connectivity index (χ0) is 15.5. The molecule has 6 heteroatoms. The monoisotopic (exact) mass is 285 g/mol. The molecule has 0 aliphatic carbocycles. The molecule has 3 N–H and O–H groups in total. The summed E-state index contributed by atoms with van der Waals surface area (Å²) in [5.74, 6) is -1.01. The number of carboxylic acids is 1. The lowest BCUT2D eigenvalue weighted by Gasteiger charge is -2.36. The minimum absolute atomic E-state index is 0.107. The van der Waals surface area contributed by atoms with Gasteiger partial charge in [0.2, 0.25) is 0 Å². The molecular formula is C14H27N3O3. The number of carbonyl (C=O) groups excluding carboxylic acids is 1. The molecule has 2 amide bonds. The van der Waals surface area contributed by atoms with Gasteiger partial charge in [-0.15, -0.1) is 0 Å². The van der Waals surface area contributed by atoms with Gasteiger partial charge < -0.3 is 20.6 Å². The van der Waals surface area contributed by atoms with Crippen molar-refractivity contribution in [3.63, 3.8) is 0 Å². The average molecular weight is 285 g/mol. The Morgan fingerprint density at radius 2 is 1.95 bits per heavy atom. The fraction of sp³-hybridized carbons (Fsp3) is 0.857. The maximum Gasteiger partial charge on any atom is 0.326 e. The summed E-state index contributed by atoms with van der Waals surface area (Å²) in [7, 11) is 2.07. The fourth-order valence-electron chi connectivity index (χ4n) is 2.43.